The Balaban J connectivity index is 1.69. The van der Waals surface area contributed by atoms with Gasteiger partial charge in [-0.3, -0.25) is 4.79 Å². The zero-order valence-corrected chi connectivity index (χ0v) is 14.5. The van der Waals surface area contributed by atoms with Crippen LogP contribution in [0.5, 0.6) is 0 Å². The number of para-hydroxylation sites is 1. The molecule has 0 spiro atoms. The molecule has 0 fully saturated rings. The standard InChI is InChI=1S/C19H20ClN3O/c1-23(2)18-9-8-14(20)11-17(18)22-19(24)10-7-13-12-21-16-6-4-3-5-15(13)16/h3-6,8-9,11-12,21H,7,10H2,1-2H3,(H,22,24). The van der Waals surface area contributed by atoms with Crippen molar-refractivity contribution < 1.29 is 4.79 Å². The van der Waals surface area contributed by atoms with Gasteiger partial charge < -0.3 is 15.2 Å². The SMILES string of the molecule is CN(C)c1ccc(Cl)cc1NC(=O)CCc1c[nH]c2ccccc12. The van der Waals surface area contributed by atoms with Gasteiger partial charge in [0.1, 0.15) is 0 Å². The van der Waals surface area contributed by atoms with Crippen molar-refractivity contribution in [2.24, 2.45) is 0 Å². The number of hydrogen-bond donors (Lipinski definition) is 2. The fourth-order valence-corrected chi connectivity index (χ4v) is 2.97. The van der Waals surface area contributed by atoms with E-state index in [1.807, 2.05) is 55.5 Å². The number of halogens is 1. The minimum Gasteiger partial charge on any atom is -0.376 e. The number of fused-ring (bicyclic) bond motifs is 1. The summed E-state index contributed by atoms with van der Waals surface area (Å²) in [5, 5.41) is 4.74. The van der Waals surface area contributed by atoms with E-state index in [1.165, 1.54) is 5.39 Å². The highest BCUT2D eigenvalue weighted by Crippen LogP contribution is 2.28. The van der Waals surface area contributed by atoms with E-state index >= 15 is 0 Å². The number of amides is 1. The summed E-state index contributed by atoms with van der Waals surface area (Å²) in [6.45, 7) is 0. The Labute approximate surface area is 146 Å². The van der Waals surface area contributed by atoms with Crippen molar-refractivity contribution in [3.8, 4) is 0 Å². The lowest BCUT2D eigenvalue weighted by atomic mass is 10.1. The third kappa shape index (κ3) is 3.54. The highest BCUT2D eigenvalue weighted by molar-refractivity contribution is 6.31. The van der Waals surface area contributed by atoms with Gasteiger partial charge in [-0.1, -0.05) is 29.8 Å². The molecular weight excluding hydrogens is 322 g/mol. The summed E-state index contributed by atoms with van der Waals surface area (Å²) in [4.78, 5) is 17.5. The van der Waals surface area contributed by atoms with Gasteiger partial charge in [0.05, 0.1) is 11.4 Å². The number of aromatic nitrogens is 1. The largest absolute Gasteiger partial charge is 0.376 e. The Hall–Kier alpha value is -2.46. The highest BCUT2D eigenvalue weighted by Gasteiger charge is 2.11. The van der Waals surface area contributed by atoms with Crippen molar-refractivity contribution in [1.29, 1.82) is 0 Å². The molecule has 1 aromatic heterocycles. The van der Waals surface area contributed by atoms with Crippen LogP contribution in [0.15, 0.2) is 48.7 Å². The van der Waals surface area contributed by atoms with Gasteiger partial charge in [-0.2, -0.15) is 0 Å². The smallest absolute Gasteiger partial charge is 0.224 e. The summed E-state index contributed by atoms with van der Waals surface area (Å²) < 4.78 is 0. The highest BCUT2D eigenvalue weighted by atomic mass is 35.5. The second-order valence-corrected chi connectivity index (χ2v) is 6.40. The average molecular weight is 342 g/mol. The monoisotopic (exact) mass is 341 g/mol. The molecule has 24 heavy (non-hydrogen) atoms. The van der Waals surface area contributed by atoms with Crippen molar-refractivity contribution in [1.82, 2.24) is 4.98 Å². The molecule has 0 unspecified atom stereocenters. The minimum absolute atomic E-state index is 0.0225. The quantitative estimate of drug-likeness (QED) is 0.719. The molecule has 124 valence electrons. The van der Waals surface area contributed by atoms with Crippen LogP contribution in [0.1, 0.15) is 12.0 Å². The maximum absolute atomic E-state index is 12.3. The van der Waals surface area contributed by atoms with E-state index in [2.05, 4.69) is 16.4 Å². The number of benzene rings is 2. The average Bonchev–Trinajstić information content (AvgIpc) is 2.96. The third-order valence-corrected chi connectivity index (χ3v) is 4.25. The van der Waals surface area contributed by atoms with E-state index < -0.39 is 0 Å². The number of H-pyrrole nitrogens is 1. The van der Waals surface area contributed by atoms with E-state index in [0.717, 1.165) is 22.5 Å². The molecular formula is C19H20ClN3O. The van der Waals surface area contributed by atoms with Crippen molar-refractivity contribution in [2.45, 2.75) is 12.8 Å². The van der Waals surface area contributed by atoms with E-state index in [4.69, 9.17) is 11.6 Å². The zero-order valence-electron chi connectivity index (χ0n) is 13.8. The van der Waals surface area contributed by atoms with Gasteiger partial charge in [0.2, 0.25) is 5.91 Å². The summed E-state index contributed by atoms with van der Waals surface area (Å²) in [7, 11) is 3.87. The first-order valence-electron chi connectivity index (χ1n) is 7.86. The number of carbonyl (C=O) groups is 1. The topological polar surface area (TPSA) is 48.1 Å². The zero-order chi connectivity index (χ0) is 17.1. The molecule has 2 N–H and O–H groups in total. The van der Waals surface area contributed by atoms with Crippen molar-refractivity contribution >= 4 is 39.8 Å². The first-order chi connectivity index (χ1) is 11.5. The van der Waals surface area contributed by atoms with Crippen molar-refractivity contribution in [3.05, 3.63) is 59.2 Å². The van der Waals surface area contributed by atoms with Crippen LogP contribution in [-0.2, 0) is 11.2 Å². The normalized spacial score (nSPS) is 10.8. The maximum Gasteiger partial charge on any atom is 0.224 e. The Bertz CT molecular complexity index is 870. The number of hydrogen-bond acceptors (Lipinski definition) is 2. The first-order valence-corrected chi connectivity index (χ1v) is 8.24. The lowest BCUT2D eigenvalue weighted by Gasteiger charge is -2.18. The predicted molar refractivity (Wildman–Crippen MR) is 101 cm³/mol. The Morgan fingerprint density at radius 2 is 2.00 bits per heavy atom. The van der Waals surface area contributed by atoms with Crippen LogP contribution < -0.4 is 10.2 Å². The van der Waals surface area contributed by atoms with Gasteiger partial charge in [-0.05, 0) is 36.2 Å². The van der Waals surface area contributed by atoms with E-state index in [0.29, 0.717) is 17.9 Å². The Kier molecular flexibility index (Phi) is 4.76. The van der Waals surface area contributed by atoms with Crippen LogP contribution in [0.3, 0.4) is 0 Å². The molecule has 0 atom stereocenters. The molecule has 3 aromatic rings. The van der Waals surface area contributed by atoms with E-state index in [9.17, 15) is 4.79 Å². The minimum atomic E-state index is -0.0225. The molecule has 5 heteroatoms. The lowest BCUT2D eigenvalue weighted by molar-refractivity contribution is -0.116. The summed E-state index contributed by atoms with van der Waals surface area (Å²) in [6.07, 6.45) is 3.08. The Morgan fingerprint density at radius 1 is 1.21 bits per heavy atom. The lowest BCUT2D eigenvalue weighted by Crippen LogP contribution is -2.17. The van der Waals surface area contributed by atoms with Gasteiger partial charge in [-0.25, -0.2) is 0 Å². The fraction of sp³-hybridized carbons (Fsp3) is 0.211. The number of aromatic amines is 1. The van der Waals surface area contributed by atoms with Crippen LogP contribution in [0, 0.1) is 0 Å². The third-order valence-electron chi connectivity index (χ3n) is 4.01. The molecule has 1 amide bonds. The number of nitrogens with one attached hydrogen (secondary N) is 2. The van der Waals surface area contributed by atoms with Gasteiger partial charge >= 0.3 is 0 Å². The van der Waals surface area contributed by atoms with Gasteiger partial charge in [0.15, 0.2) is 0 Å². The van der Waals surface area contributed by atoms with Crippen LogP contribution >= 0.6 is 11.6 Å². The molecule has 0 radical (unpaired) electrons. The van der Waals surface area contributed by atoms with Gasteiger partial charge in [0.25, 0.3) is 0 Å². The number of carbonyl (C=O) groups excluding carboxylic acids is 1. The summed E-state index contributed by atoms with van der Waals surface area (Å²) in [6, 6.07) is 13.6. The van der Waals surface area contributed by atoms with Crippen molar-refractivity contribution in [3.63, 3.8) is 0 Å². The molecule has 1 heterocycles. The summed E-state index contributed by atoms with van der Waals surface area (Å²) >= 11 is 6.05. The molecule has 0 aliphatic heterocycles. The molecule has 0 bridgehead atoms. The van der Waals surface area contributed by atoms with E-state index in [-0.39, 0.29) is 5.91 Å². The molecule has 2 aromatic carbocycles. The number of nitrogens with zero attached hydrogens (tertiary/aromatic N) is 1. The van der Waals surface area contributed by atoms with Crippen LogP contribution in [0.25, 0.3) is 10.9 Å². The summed E-state index contributed by atoms with van der Waals surface area (Å²) in [5.74, 6) is -0.0225. The Morgan fingerprint density at radius 3 is 2.79 bits per heavy atom. The molecule has 0 saturated heterocycles. The van der Waals surface area contributed by atoms with Gasteiger partial charge in [0, 0.05) is 42.6 Å². The molecule has 0 saturated carbocycles. The van der Waals surface area contributed by atoms with Crippen LogP contribution in [0.4, 0.5) is 11.4 Å². The van der Waals surface area contributed by atoms with Crippen LogP contribution in [0.2, 0.25) is 5.02 Å². The molecule has 0 aliphatic carbocycles. The fourth-order valence-electron chi connectivity index (χ4n) is 2.80. The first kappa shape index (κ1) is 16.4. The van der Waals surface area contributed by atoms with Crippen LogP contribution in [-0.4, -0.2) is 25.0 Å². The second kappa shape index (κ2) is 6.97. The number of anilines is 2. The molecule has 3 rings (SSSR count). The molecule has 4 nitrogen and oxygen atoms in total. The second-order valence-electron chi connectivity index (χ2n) is 5.96. The predicted octanol–water partition coefficient (Wildman–Crippen LogP) is 4.46. The van der Waals surface area contributed by atoms with Gasteiger partial charge in [-0.15, -0.1) is 0 Å². The molecule has 0 aliphatic rings. The summed E-state index contributed by atoms with van der Waals surface area (Å²) in [5.41, 5.74) is 3.91. The number of rotatable bonds is 5. The number of aryl methyl sites for hydroxylation is 1. The maximum atomic E-state index is 12.3. The van der Waals surface area contributed by atoms with E-state index in [1.54, 1.807) is 6.07 Å². The van der Waals surface area contributed by atoms with Crippen molar-refractivity contribution in [2.75, 3.05) is 24.3 Å².